The van der Waals surface area contributed by atoms with Crippen LogP contribution in [0.25, 0.3) is 0 Å². The van der Waals surface area contributed by atoms with E-state index in [4.69, 9.17) is 22.1 Å². The van der Waals surface area contributed by atoms with Crippen LogP contribution >= 0.6 is 11.6 Å². The number of benzene rings is 1. The normalized spacial score (nSPS) is 8.67. The zero-order valence-electron chi connectivity index (χ0n) is 5.81. The first-order chi connectivity index (χ1) is 5.70. The molecule has 0 aromatic heterocycles. The van der Waals surface area contributed by atoms with Gasteiger partial charge in [-0.3, -0.25) is 0 Å². The van der Waals surface area contributed by atoms with Gasteiger partial charge in [0, 0.05) is 0 Å². The molecule has 0 fully saturated rings. The van der Waals surface area contributed by atoms with Gasteiger partial charge in [0.05, 0.1) is 16.1 Å². The molecule has 12 heavy (non-hydrogen) atoms. The summed E-state index contributed by atoms with van der Waals surface area (Å²) in [5.41, 5.74) is -0.118. The average Bonchev–Trinajstić information content (AvgIpc) is 2.10. The van der Waals surface area contributed by atoms with Crippen molar-refractivity contribution >= 4 is 11.6 Å². The highest BCUT2D eigenvalue weighted by atomic mass is 35.5. The van der Waals surface area contributed by atoms with Crippen molar-refractivity contribution in [3.05, 3.63) is 34.1 Å². The van der Waals surface area contributed by atoms with Crippen LogP contribution in [0.3, 0.4) is 0 Å². The predicted molar refractivity (Wildman–Crippen MR) is 40.8 cm³/mol. The quantitative estimate of drug-likeness (QED) is 0.615. The maximum absolute atomic E-state index is 12.9. The van der Waals surface area contributed by atoms with Crippen LogP contribution in [0.2, 0.25) is 5.02 Å². The van der Waals surface area contributed by atoms with Crippen molar-refractivity contribution in [2.45, 2.75) is 0 Å². The number of hydrogen-bond acceptors (Lipinski definition) is 2. The van der Waals surface area contributed by atoms with Gasteiger partial charge in [0.1, 0.15) is 12.1 Å². The van der Waals surface area contributed by atoms with E-state index in [1.54, 1.807) is 12.1 Å². The standard InChI is InChI=1S/C8H2ClFN2/c9-7-5(3-11)1-2-6(4-12)8(7)10/h1-2H. The van der Waals surface area contributed by atoms with Gasteiger partial charge in [-0.15, -0.1) is 0 Å². The van der Waals surface area contributed by atoms with Gasteiger partial charge in [0.25, 0.3) is 0 Å². The first kappa shape index (κ1) is 8.52. The van der Waals surface area contributed by atoms with Gasteiger partial charge < -0.3 is 0 Å². The minimum absolute atomic E-state index is 0.0353. The maximum atomic E-state index is 12.9. The molecule has 0 aliphatic heterocycles. The lowest BCUT2D eigenvalue weighted by Crippen LogP contribution is -1.88. The minimum atomic E-state index is -0.835. The van der Waals surface area contributed by atoms with E-state index < -0.39 is 5.82 Å². The summed E-state index contributed by atoms with van der Waals surface area (Å²) in [7, 11) is 0. The minimum Gasteiger partial charge on any atom is -0.204 e. The number of nitriles is 2. The van der Waals surface area contributed by atoms with Gasteiger partial charge in [-0.05, 0) is 12.1 Å². The van der Waals surface area contributed by atoms with Crippen molar-refractivity contribution in [2.24, 2.45) is 0 Å². The molecule has 0 aliphatic rings. The Kier molecular flexibility index (Phi) is 2.28. The lowest BCUT2D eigenvalue weighted by atomic mass is 10.1. The van der Waals surface area contributed by atoms with Crippen molar-refractivity contribution in [3.8, 4) is 12.1 Å². The van der Waals surface area contributed by atoms with Crippen molar-refractivity contribution in [2.75, 3.05) is 0 Å². The fourth-order valence-corrected chi connectivity index (χ4v) is 0.929. The second kappa shape index (κ2) is 3.21. The lowest BCUT2D eigenvalue weighted by molar-refractivity contribution is 0.624. The molecule has 0 N–H and O–H groups in total. The average molecular weight is 181 g/mol. The summed E-state index contributed by atoms with van der Waals surface area (Å²) in [6.45, 7) is 0. The molecular weight excluding hydrogens is 179 g/mol. The van der Waals surface area contributed by atoms with Crippen LogP contribution in [-0.2, 0) is 0 Å². The van der Waals surface area contributed by atoms with Crippen molar-refractivity contribution in [3.63, 3.8) is 0 Å². The summed E-state index contributed by atoms with van der Waals surface area (Å²) < 4.78 is 12.9. The van der Waals surface area contributed by atoms with Crippen LogP contribution in [-0.4, -0.2) is 0 Å². The van der Waals surface area contributed by atoms with E-state index in [0.717, 1.165) is 0 Å². The van der Waals surface area contributed by atoms with Gasteiger partial charge in [-0.1, -0.05) is 11.6 Å². The molecule has 0 spiro atoms. The second-order valence-corrected chi connectivity index (χ2v) is 2.39. The van der Waals surface area contributed by atoms with Crippen molar-refractivity contribution in [1.82, 2.24) is 0 Å². The molecule has 1 aromatic carbocycles. The Morgan fingerprint density at radius 2 is 1.67 bits per heavy atom. The molecule has 0 amide bonds. The van der Waals surface area contributed by atoms with Gasteiger partial charge in [-0.2, -0.15) is 10.5 Å². The van der Waals surface area contributed by atoms with E-state index in [9.17, 15) is 4.39 Å². The highest BCUT2D eigenvalue weighted by Gasteiger charge is 2.10. The first-order valence-electron chi connectivity index (χ1n) is 2.99. The third-order valence-electron chi connectivity index (χ3n) is 1.32. The first-order valence-corrected chi connectivity index (χ1v) is 3.36. The molecular formula is C8H2ClFN2. The summed E-state index contributed by atoms with van der Waals surface area (Å²) in [6, 6.07) is 5.86. The molecule has 0 bridgehead atoms. The Balaban J connectivity index is 3.45. The van der Waals surface area contributed by atoms with E-state index in [-0.39, 0.29) is 16.1 Å². The topological polar surface area (TPSA) is 47.6 Å². The zero-order valence-corrected chi connectivity index (χ0v) is 6.56. The summed E-state index contributed by atoms with van der Waals surface area (Å²) in [4.78, 5) is 0. The van der Waals surface area contributed by atoms with Crippen LogP contribution in [0.15, 0.2) is 12.1 Å². The number of rotatable bonds is 0. The summed E-state index contributed by atoms with van der Waals surface area (Å²) in [5.74, 6) is -0.835. The Hall–Kier alpha value is -1.58. The van der Waals surface area contributed by atoms with Crippen LogP contribution in [0.1, 0.15) is 11.1 Å². The molecule has 58 valence electrons. The van der Waals surface area contributed by atoms with Gasteiger partial charge in [-0.25, -0.2) is 4.39 Å². The number of nitrogens with zero attached hydrogens (tertiary/aromatic N) is 2. The molecule has 0 unspecified atom stereocenters. The molecule has 1 rings (SSSR count). The fraction of sp³-hybridized carbons (Fsp3) is 0. The summed E-state index contributed by atoms with van der Waals surface area (Å²) in [5, 5.41) is 16.5. The molecule has 0 saturated carbocycles. The van der Waals surface area contributed by atoms with E-state index in [2.05, 4.69) is 0 Å². The molecule has 0 saturated heterocycles. The van der Waals surface area contributed by atoms with Crippen molar-refractivity contribution in [1.29, 1.82) is 10.5 Å². The molecule has 0 aliphatic carbocycles. The summed E-state index contributed by atoms with van der Waals surface area (Å²) in [6.07, 6.45) is 0. The number of halogens is 2. The van der Waals surface area contributed by atoms with E-state index in [1.807, 2.05) is 0 Å². The van der Waals surface area contributed by atoms with E-state index >= 15 is 0 Å². The van der Waals surface area contributed by atoms with Crippen LogP contribution < -0.4 is 0 Å². The van der Waals surface area contributed by atoms with E-state index in [1.165, 1.54) is 12.1 Å². The Morgan fingerprint density at radius 1 is 1.17 bits per heavy atom. The highest BCUT2D eigenvalue weighted by molar-refractivity contribution is 6.32. The Labute approximate surface area is 73.4 Å². The van der Waals surface area contributed by atoms with Gasteiger partial charge in [0.2, 0.25) is 0 Å². The monoisotopic (exact) mass is 180 g/mol. The molecule has 4 heteroatoms. The molecule has 0 radical (unpaired) electrons. The maximum Gasteiger partial charge on any atom is 0.160 e. The Bertz CT molecular complexity index is 362. The third kappa shape index (κ3) is 1.23. The van der Waals surface area contributed by atoms with Crippen molar-refractivity contribution < 1.29 is 4.39 Å². The van der Waals surface area contributed by atoms with Crippen LogP contribution in [0.4, 0.5) is 4.39 Å². The summed E-state index contributed by atoms with van der Waals surface area (Å²) >= 11 is 5.43. The zero-order chi connectivity index (χ0) is 9.14. The van der Waals surface area contributed by atoms with Gasteiger partial charge in [0.15, 0.2) is 5.82 Å². The Morgan fingerprint density at radius 3 is 2.17 bits per heavy atom. The van der Waals surface area contributed by atoms with Crippen LogP contribution in [0.5, 0.6) is 0 Å². The second-order valence-electron chi connectivity index (χ2n) is 2.01. The smallest absolute Gasteiger partial charge is 0.160 e. The third-order valence-corrected chi connectivity index (χ3v) is 1.69. The lowest BCUT2D eigenvalue weighted by Gasteiger charge is -1.96. The predicted octanol–water partition coefficient (Wildman–Crippen LogP) is 2.22. The fourth-order valence-electron chi connectivity index (χ4n) is 0.722. The van der Waals surface area contributed by atoms with E-state index in [0.29, 0.717) is 0 Å². The number of hydrogen-bond donors (Lipinski definition) is 0. The molecule has 0 atom stereocenters. The molecule has 2 nitrogen and oxygen atoms in total. The largest absolute Gasteiger partial charge is 0.204 e. The SMILES string of the molecule is N#Cc1ccc(C#N)c(Cl)c1F. The molecule has 1 aromatic rings. The van der Waals surface area contributed by atoms with Crippen LogP contribution in [0, 0.1) is 28.5 Å². The molecule has 0 heterocycles. The highest BCUT2D eigenvalue weighted by Crippen LogP contribution is 2.21. The van der Waals surface area contributed by atoms with Gasteiger partial charge >= 0.3 is 0 Å².